The molecule has 0 amide bonds. The topological polar surface area (TPSA) is 19.7 Å². The average molecular weight is 1720 g/mol. The molecule has 26 aromatic rings. The Labute approximate surface area is 779 Å². The molecule has 26 rings (SSSR count). The molecule has 4 aromatic heterocycles. The van der Waals surface area contributed by atoms with Gasteiger partial charge in [-0.3, -0.25) is 0 Å². The van der Waals surface area contributed by atoms with Crippen LogP contribution in [-0.4, -0.2) is 26.3 Å². The second kappa shape index (κ2) is 33.1. The maximum Gasteiger partial charge on any atom is 0.179 e. The van der Waals surface area contributed by atoms with Crippen molar-refractivity contribution in [2.24, 2.45) is 0 Å². The molecule has 0 saturated heterocycles. The molecular formula is C129H88N4Si. The number of hydrogen-bond donors (Lipinski definition) is 0. The Morgan fingerprint density at radius 3 is 0.776 bits per heavy atom. The maximum atomic E-state index is 2.52. The van der Waals surface area contributed by atoms with Crippen LogP contribution in [0.3, 0.4) is 0 Å². The number of para-hydroxylation sites is 4. The van der Waals surface area contributed by atoms with E-state index in [2.05, 4.69) is 552 Å². The fraction of sp³-hybridized carbons (Fsp3) is 0.00775. The van der Waals surface area contributed by atoms with Crippen molar-refractivity contribution in [3.05, 3.63) is 556 Å². The van der Waals surface area contributed by atoms with Gasteiger partial charge in [-0.1, -0.05) is 413 Å². The summed E-state index contributed by atoms with van der Waals surface area (Å²) in [5, 5.41) is 20.4. The van der Waals surface area contributed by atoms with Crippen molar-refractivity contribution < 1.29 is 0 Å². The molecule has 0 aliphatic carbocycles. The summed E-state index contributed by atoms with van der Waals surface area (Å²) in [6.07, 6.45) is 0. The number of nitrogens with zero attached hydrogens (tertiary/aromatic N) is 4. The van der Waals surface area contributed by atoms with Gasteiger partial charge >= 0.3 is 0 Å². The van der Waals surface area contributed by atoms with Crippen LogP contribution in [0.25, 0.3) is 176 Å². The molecule has 0 spiro atoms. The minimum absolute atomic E-state index is 0.541. The molecule has 0 radical (unpaired) electrons. The van der Waals surface area contributed by atoms with Crippen molar-refractivity contribution in [1.29, 1.82) is 0 Å². The van der Waals surface area contributed by atoms with Crippen LogP contribution in [0.1, 0.15) is 22.3 Å². The highest BCUT2D eigenvalue weighted by molar-refractivity contribution is 7.20. The van der Waals surface area contributed by atoms with Crippen molar-refractivity contribution in [3.63, 3.8) is 0 Å². The predicted molar refractivity (Wildman–Crippen MR) is 569 cm³/mol. The summed E-state index contributed by atoms with van der Waals surface area (Å²) in [4.78, 5) is 0. The Morgan fingerprint density at radius 2 is 0.403 bits per heavy atom. The highest BCUT2D eigenvalue weighted by Crippen LogP contribution is 2.48. The molecule has 134 heavy (non-hydrogen) atoms. The fourth-order valence-corrected chi connectivity index (χ4v) is 26.7. The van der Waals surface area contributed by atoms with Gasteiger partial charge in [-0.05, 0) is 230 Å². The van der Waals surface area contributed by atoms with Gasteiger partial charge in [0, 0.05) is 65.8 Å². The zero-order valence-electron chi connectivity index (χ0n) is 73.6. The molecule has 0 aliphatic heterocycles. The van der Waals surface area contributed by atoms with Gasteiger partial charge in [0.25, 0.3) is 0 Å². The smallest absolute Gasteiger partial charge is 0.179 e. The molecule has 5 heteroatoms. The van der Waals surface area contributed by atoms with E-state index in [1.165, 1.54) is 208 Å². The number of rotatable bonds is 16. The first-order valence-electron chi connectivity index (χ1n) is 46.3. The first kappa shape index (κ1) is 79.0. The standard InChI is InChI=1S/C65H44N2.C64H44N2Si/c1-4-19-51(20-5-1)65(52-21-6-2-7-22-52,53-23-8-3-9-24-53)54-25-16-26-55(44-54)66-61-29-14-12-27-57(61)59-42-49(36-39-63(59)66)46-31-33-47(34-32-46)50-37-40-64-60(43-50)58-28-13-15-30-62(58)67(64)56-38-35-45-17-10-11-18-48(45)41-56;1-5-19-51(20-6-1)65-61-28-16-15-27-57(61)59-42-49(34-39-62(59)65)46-29-31-47(32-30-46)50-35-40-63-60(43-50)58-38-37-56(44-64(58)66(63)52-36-33-45-17-13-14-18-48(45)41-52)67(53-21-7-2-8-22-53,54-23-9-3-10-24-54)55-25-11-4-12-26-55/h2*1-44H. The summed E-state index contributed by atoms with van der Waals surface area (Å²) >= 11 is 0. The fourth-order valence-electron chi connectivity index (χ4n) is 21.9. The SMILES string of the molecule is c1ccc(-n2c3ccccc3c3cc(-c4ccc(-c5ccc6c(c5)c5ccc([Si](c7ccccc7)(c7ccccc7)c7ccccc7)cc5n6-c5ccc6ccccc6c5)cc4)ccc32)cc1.c1ccc(C(c2ccccc2)(c2ccccc2)c2cccc(-n3c4ccccc4c4cc(-c5ccc(-c6ccc7c(c6)c6ccccc6n7-c6ccc7ccccc7c6)cc5)ccc43)c2)cc1. The summed E-state index contributed by atoms with van der Waals surface area (Å²) in [5.41, 5.74) is 28.2. The minimum atomic E-state index is -2.79. The van der Waals surface area contributed by atoms with Crippen LogP contribution in [0.2, 0.25) is 0 Å². The molecule has 628 valence electrons. The molecule has 0 N–H and O–H groups in total. The molecule has 0 unspecified atom stereocenters. The van der Waals surface area contributed by atoms with Crippen molar-refractivity contribution in [2.45, 2.75) is 5.41 Å². The summed E-state index contributed by atoms with van der Waals surface area (Å²) in [7, 11) is -2.79. The lowest BCUT2D eigenvalue weighted by Crippen LogP contribution is -2.74. The zero-order valence-corrected chi connectivity index (χ0v) is 74.6. The first-order chi connectivity index (χ1) is 66.4. The van der Waals surface area contributed by atoms with Crippen LogP contribution in [-0.2, 0) is 5.41 Å². The summed E-state index contributed by atoms with van der Waals surface area (Å²) < 4.78 is 9.72. The van der Waals surface area contributed by atoms with E-state index in [4.69, 9.17) is 0 Å². The van der Waals surface area contributed by atoms with Gasteiger partial charge in [-0.2, -0.15) is 0 Å². The number of fused-ring (bicyclic) bond motifs is 14. The lowest BCUT2D eigenvalue weighted by Gasteiger charge is -2.37. The molecule has 0 aliphatic rings. The lowest BCUT2D eigenvalue weighted by molar-refractivity contribution is 0.744. The molecule has 0 fully saturated rings. The molecule has 0 saturated carbocycles. The van der Waals surface area contributed by atoms with Crippen LogP contribution < -0.4 is 20.7 Å². The van der Waals surface area contributed by atoms with Gasteiger partial charge in [0.15, 0.2) is 8.07 Å². The Kier molecular flexibility index (Phi) is 19.5. The molecule has 4 heterocycles. The van der Waals surface area contributed by atoms with Gasteiger partial charge in [-0.25, -0.2) is 0 Å². The molecule has 0 atom stereocenters. The lowest BCUT2D eigenvalue weighted by atomic mass is 9.65. The highest BCUT2D eigenvalue weighted by atomic mass is 28.3. The van der Waals surface area contributed by atoms with E-state index in [-0.39, 0.29) is 0 Å². The first-order valence-corrected chi connectivity index (χ1v) is 48.3. The van der Waals surface area contributed by atoms with Gasteiger partial charge in [-0.15, -0.1) is 0 Å². The third kappa shape index (κ3) is 13.3. The van der Waals surface area contributed by atoms with Gasteiger partial charge < -0.3 is 18.3 Å². The van der Waals surface area contributed by atoms with Crippen LogP contribution >= 0.6 is 0 Å². The summed E-state index contributed by atoms with van der Waals surface area (Å²) in [5.74, 6) is 0. The zero-order chi connectivity index (χ0) is 88.6. The van der Waals surface area contributed by atoms with E-state index in [1.54, 1.807) is 0 Å². The van der Waals surface area contributed by atoms with Gasteiger partial charge in [0.1, 0.15) is 0 Å². The Balaban J connectivity index is 0.000000143. The third-order valence-electron chi connectivity index (χ3n) is 28.1. The largest absolute Gasteiger partial charge is 0.309 e. The second-order valence-corrected chi connectivity index (χ2v) is 39.2. The predicted octanol–water partition coefficient (Wildman–Crippen LogP) is 30.5. The van der Waals surface area contributed by atoms with Crippen molar-refractivity contribution in [3.8, 4) is 67.3 Å². The number of hydrogen-bond acceptors (Lipinski definition) is 0. The number of aromatic nitrogens is 4. The maximum absolute atomic E-state index is 2.79. The summed E-state index contributed by atoms with van der Waals surface area (Å²) in [6.45, 7) is 0. The highest BCUT2D eigenvalue weighted by Gasteiger charge is 2.43. The second-order valence-electron chi connectivity index (χ2n) is 35.4. The van der Waals surface area contributed by atoms with E-state index in [0.29, 0.717) is 0 Å². The quantitative estimate of drug-likeness (QED) is 0.0679. The summed E-state index contributed by atoms with van der Waals surface area (Å²) in [6, 6.07) is 197. The molecular weight excluding hydrogens is 1630 g/mol. The van der Waals surface area contributed by atoms with Crippen LogP contribution in [0.15, 0.2) is 534 Å². The minimum Gasteiger partial charge on any atom is -0.309 e. The van der Waals surface area contributed by atoms with E-state index in [0.717, 1.165) is 11.4 Å². The third-order valence-corrected chi connectivity index (χ3v) is 32.9. The van der Waals surface area contributed by atoms with E-state index in [1.807, 2.05) is 0 Å². The molecule has 22 aromatic carbocycles. The molecule has 4 nitrogen and oxygen atoms in total. The Bertz CT molecular complexity index is 8760. The van der Waals surface area contributed by atoms with Gasteiger partial charge in [0.05, 0.1) is 49.5 Å². The number of benzene rings is 22. The monoisotopic (exact) mass is 1720 g/mol. The normalized spacial score (nSPS) is 11.9. The average Bonchev–Trinajstić information content (AvgIpc) is 1.26. The Hall–Kier alpha value is -17.2. The van der Waals surface area contributed by atoms with Gasteiger partial charge in [0.2, 0.25) is 0 Å². The van der Waals surface area contributed by atoms with E-state index < -0.39 is 13.5 Å². The van der Waals surface area contributed by atoms with Crippen molar-refractivity contribution in [2.75, 3.05) is 0 Å². The van der Waals surface area contributed by atoms with Crippen LogP contribution in [0.5, 0.6) is 0 Å². The van der Waals surface area contributed by atoms with Crippen LogP contribution in [0.4, 0.5) is 0 Å². The van der Waals surface area contributed by atoms with Crippen molar-refractivity contribution >= 4 is 138 Å². The van der Waals surface area contributed by atoms with E-state index in [9.17, 15) is 0 Å². The molecule has 0 bridgehead atoms. The van der Waals surface area contributed by atoms with Crippen molar-refractivity contribution in [1.82, 2.24) is 18.3 Å². The van der Waals surface area contributed by atoms with Crippen LogP contribution in [0, 0.1) is 0 Å². The Morgan fingerprint density at radius 1 is 0.134 bits per heavy atom. The van der Waals surface area contributed by atoms with E-state index >= 15 is 0 Å².